The van der Waals surface area contributed by atoms with Gasteiger partial charge in [-0.15, -0.1) is 0 Å². The van der Waals surface area contributed by atoms with Crippen molar-refractivity contribution in [3.05, 3.63) is 94.5 Å². The molecule has 0 aromatic heterocycles. The standard InChI is InChI=1S/C29H33Cl2N3O4S/c1-21(2)19-32-29(36)22(3)33(17-16-23-10-6-4-7-11-23)28(35)20-34(27-18-24(30)14-15-26(27)31)39(37,38)25-12-8-5-9-13-25/h4-15,18,21-22H,16-17,19-20H2,1-3H3,(H,32,36)/t22-/m0/s1. The summed E-state index contributed by atoms with van der Waals surface area (Å²) in [5.41, 5.74) is 1.05. The van der Waals surface area contributed by atoms with Gasteiger partial charge in [0, 0.05) is 18.1 Å². The molecule has 1 atom stereocenters. The lowest BCUT2D eigenvalue weighted by atomic mass is 10.1. The van der Waals surface area contributed by atoms with Gasteiger partial charge in [0.15, 0.2) is 0 Å². The first kappa shape index (κ1) is 30.5. The van der Waals surface area contributed by atoms with Gasteiger partial charge in [0.05, 0.1) is 15.6 Å². The number of hydrogen-bond donors (Lipinski definition) is 1. The monoisotopic (exact) mass is 589 g/mol. The van der Waals surface area contributed by atoms with E-state index in [-0.39, 0.29) is 39.0 Å². The number of amides is 2. The summed E-state index contributed by atoms with van der Waals surface area (Å²) >= 11 is 12.6. The quantitative estimate of drug-likeness (QED) is 0.305. The summed E-state index contributed by atoms with van der Waals surface area (Å²) in [5.74, 6) is -0.636. The van der Waals surface area contributed by atoms with Gasteiger partial charge in [-0.2, -0.15) is 0 Å². The molecule has 0 aliphatic carbocycles. The van der Waals surface area contributed by atoms with Crippen molar-refractivity contribution in [1.29, 1.82) is 0 Å². The summed E-state index contributed by atoms with van der Waals surface area (Å²) in [6.45, 7) is 5.68. The van der Waals surface area contributed by atoms with Crippen molar-refractivity contribution in [2.45, 2.75) is 38.1 Å². The number of benzene rings is 3. The molecule has 0 bridgehead atoms. The number of carbonyl (C=O) groups excluding carboxylic acids is 2. The third kappa shape index (κ3) is 8.21. The third-order valence-electron chi connectivity index (χ3n) is 6.12. The largest absolute Gasteiger partial charge is 0.354 e. The van der Waals surface area contributed by atoms with Crippen LogP contribution in [0.5, 0.6) is 0 Å². The van der Waals surface area contributed by atoms with Crippen LogP contribution in [-0.4, -0.2) is 50.8 Å². The van der Waals surface area contributed by atoms with Crippen LogP contribution in [0.15, 0.2) is 83.8 Å². The molecule has 3 rings (SSSR count). The molecule has 0 spiro atoms. The topological polar surface area (TPSA) is 86.8 Å². The van der Waals surface area contributed by atoms with E-state index in [1.54, 1.807) is 25.1 Å². The second-order valence-electron chi connectivity index (χ2n) is 9.56. The molecule has 1 N–H and O–H groups in total. The van der Waals surface area contributed by atoms with E-state index in [4.69, 9.17) is 23.2 Å². The summed E-state index contributed by atoms with van der Waals surface area (Å²) in [7, 11) is -4.21. The fraction of sp³-hybridized carbons (Fsp3) is 0.310. The van der Waals surface area contributed by atoms with E-state index in [1.165, 1.54) is 35.2 Å². The predicted molar refractivity (Wildman–Crippen MR) is 157 cm³/mol. The van der Waals surface area contributed by atoms with E-state index in [2.05, 4.69) is 5.32 Å². The molecule has 0 saturated heterocycles. The lowest BCUT2D eigenvalue weighted by molar-refractivity contribution is -0.138. The zero-order valence-corrected chi connectivity index (χ0v) is 24.5. The Balaban J connectivity index is 1.99. The minimum Gasteiger partial charge on any atom is -0.354 e. The highest BCUT2D eigenvalue weighted by atomic mass is 35.5. The molecular formula is C29H33Cl2N3O4S. The molecule has 3 aromatic carbocycles. The van der Waals surface area contributed by atoms with Gasteiger partial charge in [-0.3, -0.25) is 13.9 Å². The fourth-order valence-corrected chi connectivity index (χ4v) is 5.81. The molecule has 7 nitrogen and oxygen atoms in total. The minimum absolute atomic E-state index is 0.00703. The molecule has 0 fully saturated rings. The Morgan fingerprint density at radius 1 is 0.897 bits per heavy atom. The molecule has 0 heterocycles. The van der Waals surface area contributed by atoms with Crippen molar-refractivity contribution >= 4 is 50.7 Å². The number of carbonyl (C=O) groups is 2. The molecule has 0 aliphatic rings. The van der Waals surface area contributed by atoms with Crippen LogP contribution in [0.3, 0.4) is 0 Å². The Labute approximate surface area is 240 Å². The maximum atomic E-state index is 13.9. The Hall–Kier alpha value is -3.07. The Morgan fingerprint density at radius 2 is 1.51 bits per heavy atom. The van der Waals surface area contributed by atoms with Crippen molar-refractivity contribution < 1.29 is 18.0 Å². The molecule has 208 valence electrons. The van der Waals surface area contributed by atoms with Crippen LogP contribution in [-0.2, 0) is 26.0 Å². The SMILES string of the molecule is CC(C)CNC(=O)[C@H](C)N(CCc1ccccc1)C(=O)CN(c1cc(Cl)ccc1Cl)S(=O)(=O)c1ccccc1. The minimum atomic E-state index is -4.21. The summed E-state index contributed by atoms with van der Waals surface area (Å²) < 4.78 is 28.5. The molecule has 2 amide bonds. The number of halogens is 2. The number of anilines is 1. The van der Waals surface area contributed by atoms with Gasteiger partial charge in [-0.05, 0) is 55.2 Å². The molecule has 0 aliphatic heterocycles. The van der Waals surface area contributed by atoms with Gasteiger partial charge < -0.3 is 10.2 Å². The number of sulfonamides is 1. The highest BCUT2D eigenvalue weighted by Gasteiger charge is 2.33. The average molecular weight is 591 g/mol. The predicted octanol–water partition coefficient (Wildman–Crippen LogP) is 5.42. The third-order valence-corrected chi connectivity index (χ3v) is 8.45. The maximum absolute atomic E-state index is 13.9. The van der Waals surface area contributed by atoms with Gasteiger partial charge in [0.1, 0.15) is 12.6 Å². The molecule has 10 heteroatoms. The van der Waals surface area contributed by atoms with Gasteiger partial charge in [-0.1, -0.05) is 85.6 Å². The van der Waals surface area contributed by atoms with E-state index in [0.717, 1.165) is 9.87 Å². The Bertz CT molecular complexity index is 1370. The molecular weight excluding hydrogens is 557 g/mol. The molecule has 0 radical (unpaired) electrons. The molecule has 3 aromatic rings. The summed E-state index contributed by atoms with van der Waals surface area (Å²) in [5, 5.41) is 3.25. The number of nitrogens with one attached hydrogen (secondary N) is 1. The van der Waals surface area contributed by atoms with Gasteiger partial charge >= 0.3 is 0 Å². The first-order valence-corrected chi connectivity index (χ1v) is 14.8. The lowest BCUT2D eigenvalue weighted by Gasteiger charge is -2.32. The van der Waals surface area contributed by atoms with Gasteiger partial charge in [0.25, 0.3) is 10.0 Å². The second-order valence-corrected chi connectivity index (χ2v) is 12.3. The lowest BCUT2D eigenvalue weighted by Crippen LogP contribution is -2.52. The highest BCUT2D eigenvalue weighted by molar-refractivity contribution is 7.92. The number of nitrogens with zero attached hydrogens (tertiary/aromatic N) is 2. The molecule has 39 heavy (non-hydrogen) atoms. The van der Waals surface area contributed by atoms with E-state index >= 15 is 0 Å². The van der Waals surface area contributed by atoms with Crippen LogP contribution >= 0.6 is 23.2 Å². The average Bonchev–Trinajstić information content (AvgIpc) is 2.92. The maximum Gasteiger partial charge on any atom is 0.264 e. The van der Waals surface area contributed by atoms with Gasteiger partial charge in [0.2, 0.25) is 11.8 Å². The zero-order valence-electron chi connectivity index (χ0n) is 22.2. The second kappa shape index (κ2) is 13.8. The normalized spacial score (nSPS) is 12.2. The van der Waals surface area contributed by atoms with Crippen LogP contribution in [0, 0.1) is 5.92 Å². The fourth-order valence-electron chi connectivity index (χ4n) is 3.93. The highest BCUT2D eigenvalue weighted by Crippen LogP contribution is 2.33. The molecule has 0 unspecified atom stereocenters. The first-order chi connectivity index (χ1) is 18.5. The Morgan fingerprint density at radius 3 is 2.13 bits per heavy atom. The van der Waals surface area contributed by atoms with Crippen LogP contribution in [0.2, 0.25) is 10.0 Å². The van der Waals surface area contributed by atoms with Crippen LogP contribution in [0.1, 0.15) is 26.3 Å². The van der Waals surface area contributed by atoms with Crippen molar-refractivity contribution in [1.82, 2.24) is 10.2 Å². The zero-order chi connectivity index (χ0) is 28.6. The summed E-state index contributed by atoms with van der Waals surface area (Å²) in [6.07, 6.45) is 0.484. The number of rotatable bonds is 12. The van der Waals surface area contributed by atoms with E-state index in [9.17, 15) is 18.0 Å². The van der Waals surface area contributed by atoms with Gasteiger partial charge in [-0.25, -0.2) is 8.42 Å². The first-order valence-electron chi connectivity index (χ1n) is 12.6. The summed E-state index contributed by atoms with van der Waals surface area (Å²) in [6, 6.07) is 20.9. The van der Waals surface area contributed by atoms with Crippen LogP contribution in [0.4, 0.5) is 5.69 Å². The Kier molecular flexibility index (Phi) is 10.8. The summed E-state index contributed by atoms with van der Waals surface area (Å²) in [4.78, 5) is 28.3. The molecule has 0 saturated carbocycles. The van der Waals surface area contributed by atoms with E-state index in [1.807, 2.05) is 44.2 Å². The number of hydrogen-bond acceptors (Lipinski definition) is 4. The van der Waals surface area contributed by atoms with Crippen molar-refractivity contribution in [3.63, 3.8) is 0 Å². The van der Waals surface area contributed by atoms with Crippen LogP contribution < -0.4 is 9.62 Å². The van der Waals surface area contributed by atoms with E-state index < -0.39 is 28.5 Å². The van der Waals surface area contributed by atoms with Crippen molar-refractivity contribution in [2.75, 3.05) is 23.9 Å². The van der Waals surface area contributed by atoms with Crippen molar-refractivity contribution in [2.24, 2.45) is 5.92 Å². The smallest absolute Gasteiger partial charge is 0.264 e. The van der Waals surface area contributed by atoms with Crippen LogP contribution in [0.25, 0.3) is 0 Å². The van der Waals surface area contributed by atoms with Crippen molar-refractivity contribution in [3.8, 4) is 0 Å². The van der Waals surface area contributed by atoms with E-state index in [0.29, 0.717) is 13.0 Å².